The van der Waals surface area contributed by atoms with Crippen LogP contribution in [0.25, 0.3) is 5.57 Å². The molecule has 1 atom stereocenters. The van der Waals surface area contributed by atoms with Crippen LogP contribution in [0.1, 0.15) is 17.5 Å². The second-order valence-corrected chi connectivity index (χ2v) is 9.00. The maximum atomic E-state index is 12.7. The Morgan fingerprint density at radius 2 is 2.00 bits per heavy atom. The van der Waals surface area contributed by atoms with Gasteiger partial charge in [0.15, 0.2) is 0 Å². The molecular weight excluding hydrogens is 437 g/mol. The van der Waals surface area contributed by atoms with E-state index in [1.807, 2.05) is 31.2 Å². The number of nitriles is 1. The van der Waals surface area contributed by atoms with Crippen molar-refractivity contribution in [3.63, 3.8) is 0 Å². The topological polar surface area (TPSA) is 79.5 Å². The first kappa shape index (κ1) is 21.9. The average Bonchev–Trinajstić information content (AvgIpc) is 3.17. The largest absolute Gasteiger partial charge is 0.395 e. The number of nitrogens with zero attached hydrogens (tertiary/aromatic N) is 2. The van der Waals surface area contributed by atoms with E-state index in [9.17, 15) is 26.9 Å². The molecule has 2 aliphatic rings. The van der Waals surface area contributed by atoms with Gasteiger partial charge in [0.05, 0.1) is 11.5 Å². The number of thioether (sulfide) groups is 1. The molecule has 0 aromatic heterocycles. The molecule has 0 radical (unpaired) electrons. The third-order valence-corrected chi connectivity index (χ3v) is 6.50. The van der Waals surface area contributed by atoms with E-state index in [-0.39, 0.29) is 9.95 Å². The highest BCUT2D eigenvalue weighted by molar-refractivity contribution is 8.18. The van der Waals surface area contributed by atoms with E-state index in [1.54, 1.807) is 6.08 Å². The summed E-state index contributed by atoms with van der Waals surface area (Å²) in [7, 11) is -4.35. The Kier molecular flexibility index (Phi) is 6.24. The number of oxime groups is 1. The SMILES string of the molecule is Cc1ccccc1/C(C#N)=C1\C=CC(=NOS(=O)(=O)C2=CCC(C(F)(F)F)C=C2)S1. The second kappa shape index (κ2) is 8.53. The fraction of sp³-hybridized carbons (Fsp3) is 0.200. The standard InChI is InChI=1S/C20H15F3N2O3S2/c1-13-4-2-3-5-16(13)17(12-24)18-10-11-19(29-18)25-28-30(26,27)15-8-6-14(7-9-15)20(21,22)23/h2-6,8-11,14H,7H2,1H3/b18-17+,25-19?. The molecule has 1 heterocycles. The monoisotopic (exact) mass is 452 g/mol. The molecule has 0 spiro atoms. The van der Waals surface area contributed by atoms with Crippen molar-refractivity contribution in [2.75, 3.05) is 0 Å². The van der Waals surface area contributed by atoms with Gasteiger partial charge in [-0.1, -0.05) is 53.3 Å². The number of halogens is 3. The number of alkyl halides is 3. The van der Waals surface area contributed by atoms with Crippen molar-refractivity contribution < 1.29 is 25.9 Å². The van der Waals surface area contributed by atoms with Gasteiger partial charge in [-0.2, -0.15) is 26.9 Å². The Morgan fingerprint density at radius 1 is 1.27 bits per heavy atom. The fourth-order valence-electron chi connectivity index (χ4n) is 2.77. The number of benzene rings is 1. The molecule has 1 unspecified atom stereocenters. The zero-order valence-electron chi connectivity index (χ0n) is 15.6. The number of hydrogen-bond donors (Lipinski definition) is 0. The first-order chi connectivity index (χ1) is 14.1. The Bertz CT molecular complexity index is 1150. The number of hydrogen-bond acceptors (Lipinski definition) is 6. The molecule has 30 heavy (non-hydrogen) atoms. The van der Waals surface area contributed by atoms with Crippen molar-refractivity contribution in [2.45, 2.75) is 19.5 Å². The van der Waals surface area contributed by atoms with Gasteiger partial charge < -0.3 is 0 Å². The summed E-state index contributed by atoms with van der Waals surface area (Å²) in [5, 5.41) is 13.3. The van der Waals surface area contributed by atoms with Gasteiger partial charge in [0.2, 0.25) is 0 Å². The third-order valence-electron chi connectivity index (χ3n) is 4.36. The summed E-state index contributed by atoms with van der Waals surface area (Å²) in [5.41, 5.74) is 2.07. The molecule has 0 fully saturated rings. The zero-order valence-corrected chi connectivity index (χ0v) is 17.2. The van der Waals surface area contributed by atoms with Crippen molar-refractivity contribution in [3.05, 3.63) is 75.6 Å². The summed E-state index contributed by atoms with van der Waals surface area (Å²) in [6, 6.07) is 9.49. The van der Waals surface area contributed by atoms with Gasteiger partial charge in [-0.25, -0.2) is 0 Å². The van der Waals surface area contributed by atoms with Gasteiger partial charge >= 0.3 is 16.3 Å². The predicted molar refractivity (Wildman–Crippen MR) is 109 cm³/mol. The molecule has 0 amide bonds. The van der Waals surface area contributed by atoms with E-state index in [2.05, 4.69) is 15.5 Å². The van der Waals surface area contributed by atoms with E-state index >= 15 is 0 Å². The molecule has 1 aliphatic heterocycles. The van der Waals surface area contributed by atoms with Crippen molar-refractivity contribution in [1.82, 2.24) is 0 Å². The van der Waals surface area contributed by atoms with E-state index in [0.717, 1.165) is 41.1 Å². The summed E-state index contributed by atoms with van der Waals surface area (Å²) in [6.07, 6.45) is 0.809. The lowest BCUT2D eigenvalue weighted by Crippen LogP contribution is -2.22. The van der Waals surface area contributed by atoms with Gasteiger partial charge in [0.25, 0.3) is 0 Å². The predicted octanol–water partition coefficient (Wildman–Crippen LogP) is 5.21. The number of aryl methyl sites for hydroxylation is 1. The van der Waals surface area contributed by atoms with Crippen LogP contribution in [-0.4, -0.2) is 19.6 Å². The highest BCUT2D eigenvalue weighted by Gasteiger charge is 2.38. The molecule has 156 valence electrons. The maximum Gasteiger partial charge on any atom is 0.395 e. The van der Waals surface area contributed by atoms with Crippen molar-refractivity contribution in [2.24, 2.45) is 11.1 Å². The first-order valence-electron chi connectivity index (χ1n) is 8.65. The first-order valence-corrected chi connectivity index (χ1v) is 10.9. The highest BCUT2D eigenvalue weighted by atomic mass is 32.2. The molecule has 0 saturated carbocycles. The molecular formula is C20H15F3N2O3S2. The van der Waals surface area contributed by atoms with Crippen LogP contribution in [0, 0.1) is 24.2 Å². The van der Waals surface area contributed by atoms with Gasteiger partial charge in [0, 0.05) is 4.91 Å². The molecule has 1 aromatic carbocycles. The normalized spacial score (nSPS) is 22.0. The summed E-state index contributed by atoms with van der Waals surface area (Å²) in [5.74, 6) is -1.73. The molecule has 0 bridgehead atoms. The quantitative estimate of drug-likeness (QED) is 0.463. The zero-order chi connectivity index (χ0) is 21.9. The fourth-order valence-corrected chi connectivity index (χ4v) is 4.46. The minimum absolute atomic E-state index is 0.198. The average molecular weight is 452 g/mol. The molecule has 1 aromatic rings. The molecule has 1 aliphatic carbocycles. The number of allylic oxidation sites excluding steroid dienone is 5. The molecule has 0 saturated heterocycles. The van der Waals surface area contributed by atoms with Gasteiger partial charge in [-0.05, 0) is 42.7 Å². The van der Waals surface area contributed by atoms with Gasteiger partial charge in [-0.3, -0.25) is 4.28 Å². The molecule has 5 nitrogen and oxygen atoms in total. The van der Waals surface area contributed by atoms with E-state index in [0.29, 0.717) is 10.5 Å². The van der Waals surface area contributed by atoms with Gasteiger partial charge in [-0.15, -0.1) is 0 Å². The van der Waals surface area contributed by atoms with Crippen LogP contribution in [0.3, 0.4) is 0 Å². The van der Waals surface area contributed by atoms with Crippen molar-refractivity contribution in [3.8, 4) is 6.07 Å². The third kappa shape index (κ3) is 4.86. The second-order valence-electron chi connectivity index (χ2n) is 6.41. The number of rotatable bonds is 4. The smallest absolute Gasteiger partial charge is 0.264 e. The molecule has 0 N–H and O–H groups in total. The van der Waals surface area contributed by atoms with E-state index < -0.39 is 28.6 Å². The minimum Gasteiger partial charge on any atom is -0.264 e. The van der Waals surface area contributed by atoms with E-state index in [4.69, 9.17) is 0 Å². The lowest BCUT2D eigenvalue weighted by molar-refractivity contribution is -0.160. The van der Waals surface area contributed by atoms with Crippen LogP contribution >= 0.6 is 11.8 Å². The van der Waals surface area contributed by atoms with Crippen molar-refractivity contribution >= 4 is 32.5 Å². The van der Waals surface area contributed by atoms with Crippen LogP contribution in [0.15, 0.2) is 69.6 Å². The molecule has 3 rings (SSSR count). The van der Waals surface area contributed by atoms with Crippen LogP contribution < -0.4 is 0 Å². The summed E-state index contributed by atoms with van der Waals surface area (Å²) >= 11 is 1.06. The summed E-state index contributed by atoms with van der Waals surface area (Å²) in [4.78, 5) is 0.198. The lowest BCUT2D eigenvalue weighted by Gasteiger charge is -2.18. The Balaban J connectivity index is 1.74. The highest BCUT2D eigenvalue weighted by Crippen LogP contribution is 2.36. The Hall–Kier alpha value is -2.77. The summed E-state index contributed by atoms with van der Waals surface area (Å²) in [6.45, 7) is 1.87. The van der Waals surface area contributed by atoms with Crippen LogP contribution in [0.5, 0.6) is 0 Å². The Morgan fingerprint density at radius 3 is 2.60 bits per heavy atom. The van der Waals surface area contributed by atoms with Crippen molar-refractivity contribution in [1.29, 1.82) is 5.26 Å². The van der Waals surface area contributed by atoms with E-state index in [1.165, 1.54) is 6.08 Å². The lowest BCUT2D eigenvalue weighted by atomic mass is 10.0. The minimum atomic E-state index is -4.44. The van der Waals surface area contributed by atoms with Crippen LogP contribution in [0.2, 0.25) is 0 Å². The molecule has 10 heteroatoms. The van der Waals surface area contributed by atoms with Crippen LogP contribution in [-0.2, 0) is 14.4 Å². The Labute approximate surface area is 176 Å². The summed E-state index contributed by atoms with van der Waals surface area (Å²) < 4.78 is 67.1. The van der Waals surface area contributed by atoms with Gasteiger partial charge in [0.1, 0.15) is 16.0 Å². The maximum absolute atomic E-state index is 12.7. The van der Waals surface area contributed by atoms with Crippen LogP contribution in [0.4, 0.5) is 13.2 Å².